The molecule has 2 heterocycles. The third-order valence-electron chi connectivity index (χ3n) is 6.18. The molecule has 1 aliphatic carbocycles. The van der Waals surface area contributed by atoms with Gasteiger partial charge in [0.15, 0.2) is 0 Å². The normalized spacial score (nSPS) is 21.4. The molecule has 0 bridgehead atoms. The Kier molecular flexibility index (Phi) is 4.14. The van der Waals surface area contributed by atoms with Crippen LogP contribution in [-0.2, 0) is 17.6 Å². The summed E-state index contributed by atoms with van der Waals surface area (Å²) in [4.78, 5) is 17.8. The third-order valence-corrected chi connectivity index (χ3v) is 6.18. The predicted molar refractivity (Wildman–Crippen MR) is 102 cm³/mol. The number of rotatable bonds is 3. The summed E-state index contributed by atoms with van der Waals surface area (Å²) in [5, 5.41) is 4.64. The number of hydrogen-bond acceptors (Lipinski definition) is 3. The second kappa shape index (κ2) is 6.23. The minimum absolute atomic E-state index is 0.266. The lowest BCUT2D eigenvalue weighted by Gasteiger charge is -2.38. The molecule has 0 radical (unpaired) electrons. The minimum Gasteiger partial charge on any atom is -0.339 e. The summed E-state index contributed by atoms with van der Waals surface area (Å²) < 4.78 is 2.11. The van der Waals surface area contributed by atoms with Gasteiger partial charge in [-0.1, -0.05) is 24.3 Å². The molecule has 1 saturated heterocycles. The van der Waals surface area contributed by atoms with Crippen LogP contribution in [0.3, 0.4) is 0 Å². The van der Waals surface area contributed by atoms with Crippen LogP contribution >= 0.6 is 0 Å². The molecule has 138 valence electrons. The highest BCUT2D eigenvalue weighted by molar-refractivity contribution is 5.88. The highest BCUT2D eigenvalue weighted by atomic mass is 16.2. The van der Waals surface area contributed by atoms with E-state index < -0.39 is 5.54 Å². The lowest BCUT2D eigenvalue weighted by molar-refractivity contribution is -0.141. The molecule has 5 nitrogen and oxygen atoms in total. The quantitative estimate of drug-likeness (QED) is 0.852. The number of aryl methyl sites for hydroxylation is 2. The SMILES string of the molecule is Cc1cc(C)n(C2CCN(C(=O)C3(N(C)C)Cc4ccccc4C3)C2)n1. The van der Waals surface area contributed by atoms with Crippen molar-refractivity contribution in [1.82, 2.24) is 19.6 Å². The van der Waals surface area contributed by atoms with Gasteiger partial charge in [0, 0.05) is 31.6 Å². The van der Waals surface area contributed by atoms with E-state index in [0.29, 0.717) is 0 Å². The molecule has 4 rings (SSSR count). The van der Waals surface area contributed by atoms with Gasteiger partial charge in [0.2, 0.25) is 5.91 Å². The van der Waals surface area contributed by atoms with E-state index in [4.69, 9.17) is 0 Å². The van der Waals surface area contributed by atoms with E-state index in [9.17, 15) is 4.79 Å². The number of benzene rings is 1. The number of likely N-dealkylation sites (tertiary alicyclic amines) is 1. The van der Waals surface area contributed by atoms with Crippen molar-refractivity contribution in [2.45, 2.75) is 44.7 Å². The Morgan fingerprint density at radius 3 is 2.38 bits per heavy atom. The number of carbonyl (C=O) groups is 1. The van der Waals surface area contributed by atoms with Crippen molar-refractivity contribution in [3.63, 3.8) is 0 Å². The van der Waals surface area contributed by atoms with E-state index >= 15 is 0 Å². The van der Waals surface area contributed by atoms with Gasteiger partial charge in [-0.3, -0.25) is 14.4 Å². The number of hydrogen-bond donors (Lipinski definition) is 0. The van der Waals surface area contributed by atoms with E-state index in [0.717, 1.165) is 38.0 Å². The number of aromatic nitrogens is 2. The second-order valence-corrected chi connectivity index (χ2v) is 8.11. The van der Waals surface area contributed by atoms with Crippen molar-refractivity contribution < 1.29 is 4.79 Å². The van der Waals surface area contributed by atoms with Crippen LogP contribution in [0.2, 0.25) is 0 Å². The summed E-state index contributed by atoms with van der Waals surface area (Å²) in [5.74, 6) is 0.266. The van der Waals surface area contributed by atoms with Gasteiger partial charge < -0.3 is 4.90 Å². The van der Waals surface area contributed by atoms with Crippen LogP contribution in [-0.4, -0.2) is 58.2 Å². The number of carbonyl (C=O) groups excluding carboxylic acids is 1. The van der Waals surface area contributed by atoms with Crippen molar-refractivity contribution in [3.05, 3.63) is 52.8 Å². The van der Waals surface area contributed by atoms with Crippen molar-refractivity contribution in [2.24, 2.45) is 0 Å². The lowest BCUT2D eigenvalue weighted by atomic mass is 9.92. The highest BCUT2D eigenvalue weighted by Gasteiger charge is 2.48. The maximum absolute atomic E-state index is 13.6. The van der Waals surface area contributed by atoms with Gasteiger partial charge in [-0.2, -0.15) is 5.10 Å². The Morgan fingerprint density at radius 2 is 1.85 bits per heavy atom. The predicted octanol–water partition coefficient (Wildman–Crippen LogP) is 2.37. The molecule has 0 N–H and O–H groups in total. The molecule has 1 fully saturated rings. The molecule has 1 aromatic heterocycles. The number of fused-ring (bicyclic) bond motifs is 1. The first kappa shape index (κ1) is 17.3. The van der Waals surface area contributed by atoms with Crippen LogP contribution in [0, 0.1) is 13.8 Å². The fraction of sp³-hybridized carbons (Fsp3) is 0.524. The van der Waals surface area contributed by atoms with Crippen LogP contribution in [0.4, 0.5) is 0 Å². The summed E-state index contributed by atoms with van der Waals surface area (Å²) in [6.45, 7) is 5.69. The Hall–Kier alpha value is -2.14. The van der Waals surface area contributed by atoms with E-state index in [1.54, 1.807) is 0 Å². The van der Waals surface area contributed by atoms with E-state index in [2.05, 4.69) is 56.8 Å². The van der Waals surface area contributed by atoms with Gasteiger partial charge in [0.1, 0.15) is 5.54 Å². The summed E-state index contributed by atoms with van der Waals surface area (Å²) in [7, 11) is 4.08. The molecule has 2 aliphatic rings. The van der Waals surface area contributed by atoms with E-state index in [1.165, 1.54) is 16.8 Å². The van der Waals surface area contributed by atoms with E-state index in [-0.39, 0.29) is 11.9 Å². The van der Waals surface area contributed by atoms with Gasteiger partial charge >= 0.3 is 0 Å². The second-order valence-electron chi connectivity index (χ2n) is 8.11. The van der Waals surface area contributed by atoms with Crippen LogP contribution in [0.5, 0.6) is 0 Å². The topological polar surface area (TPSA) is 41.4 Å². The van der Waals surface area contributed by atoms with Gasteiger partial charge in [0.25, 0.3) is 0 Å². The zero-order valence-electron chi connectivity index (χ0n) is 16.2. The van der Waals surface area contributed by atoms with Crippen molar-refractivity contribution in [1.29, 1.82) is 0 Å². The van der Waals surface area contributed by atoms with Crippen LogP contribution in [0.1, 0.15) is 35.0 Å². The molecule has 0 saturated carbocycles. The summed E-state index contributed by atoms with van der Waals surface area (Å²) >= 11 is 0. The van der Waals surface area contributed by atoms with Crippen molar-refractivity contribution in [3.8, 4) is 0 Å². The molecular weight excluding hydrogens is 324 g/mol. The zero-order valence-corrected chi connectivity index (χ0v) is 16.2. The summed E-state index contributed by atoms with van der Waals surface area (Å²) in [6.07, 6.45) is 2.58. The van der Waals surface area contributed by atoms with Crippen LogP contribution < -0.4 is 0 Å². The molecule has 26 heavy (non-hydrogen) atoms. The standard InChI is InChI=1S/C21H28N4O/c1-15-11-16(2)25(22-15)19-9-10-24(14-19)20(26)21(23(3)4)12-17-7-5-6-8-18(17)13-21/h5-8,11,19H,9-10,12-14H2,1-4H3. The largest absolute Gasteiger partial charge is 0.339 e. The van der Waals surface area contributed by atoms with Gasteiger partial charge in [-0.05, 0) is 51.6 Å². The first-order chi connectivity index (χ1) is 12.4. The van der Waals surface area contributed by atoms with Crippen LogP contribution in [0.25, 0.3) is 0 Å². The van der Waals surface area contributed by atoms with Crippen molar-refractivity contribution >= 4 is 5.91 Å². The lowest BCUT2D eigenvalue weighted by Crippen LogP contribution is -2.57. The van der Waals surface area contributed by atoms with Gasteiger partial charge in [-0.25, -0.2) is 0 Å². The first-order valence-corrected chi connectivity index (χ1v) is 9.47. The zero-order chi connectivity index (χ0) is 18.5. The summed E-state index contributed by atoms with van der Waals surface area (Å²) in [6, 6.07) is 10.9. The Labute approximate surface area is 155 Å². The molecule has 1 amide bonds. The van der Waals surface area contributed by atoms with Gasteiger partial charge in [-0.15, -0.1) is 0 Å². The molecular formula is C21H28N4O. The average Bonchev–Trinajstić information content (AvgIpc) is 3.30. The maximum Gasteiger partial charge on any atom is 0.243 e. The molecule has 1 unspecified atom stereocenters. The Morgan fingerprint density at radius 1 is 1.19 bits per heavy atom. The first-order valence-electron chi connectivity index (χ1n) is 9.47. The Balaban J connectivity index is 1.56. The molecule has 5 heteroatoms. The monoisotopic (exact) mass is 352 g/mol. The summed E-state index contributed by atoms with van der Waals surface area (Å²) in [5.41, 5.74) is 4.39. The van der Waals surface area contributed by atoms with Gasteiger partial charge in [0.05, 0.1) is 11.7 Å². The number of amides is 1. The smallest absolute Gasteiger partial charge is 0.243 e. The maximum atomic E-state index is 13.6. The average molecular weight is 352 g/mol. The minimum atomic E-state index is -0.451. The number of nitrogens with zero attached hydrogens (tertiary/aromatic N) is 4. The highest BCUT2D eigenvalue weighted by Crippen LogP contribution is 2.36. The molecule has 2 aromatic rings. The molecule has 1 atom stereocenters. The van der Waals surface area contributed by atoms with Crippen LogP contribution in [0.15, 0.2) is 30.3 Å². The molecule has 1 aromatic carbocycles. The fourth-order valence-corrected chi connectivity index (χ4v) is 4.69. The fourth-order valence-electron chi connectivity index (χ4n) is 4.69. The third kappa shape index (κ3) is 2.65. The Bertz CT molecular complexity index is 813. The molecule has 1 aliphatic heterocycles. The number of likely N-dealkylation sites (N-methyl/N-ethyl adjacent to an activating group) is 1. The molecule has 0 spiro atoms. The van der Waals surface area contributed by atoms with Crippen molar-refractivity contribution in [2.75, 3.05) is 27.2 Å². The van der Waals surface area contributed by atoms with E-state index in [1.807, 2.05) is 21.0 Å².